The van der Waals surface area contributed by atoms with Gasteiger partial charge in [0, 0.05) is 64.7 Å². The molecule has 1 aromatic carbocycles. The van der Waals surface area contributed by atoms with E-state index in [0.717, 1.165) is 77.8 Å². The van der Waals surface area contributed by atoms with Crippen LogP contribution in [0.15, 0.2) is 35.3 Å². The molecule has 1 aromatic rings. The largest absolute Gasteiger partial charge is 0.371 e. The van der Waals surface area contributed by atoms with Crippen molar-refractivity contribution in [3.8, 4) is 0 Å². The molecular formula is C23H35N5O2. The summed E-state index contributed by atoms with van der Waals surface area (Å²) in [6.45, 7) is 9.84. The summed E-state index contributed by atoms with van der Waals surface area (Å²) in [6.07, 6.45) is 2.83. The highest BCUT2D eigenvalue weighted by Gasteiger charge is 2.31. The number of aliphatic imine (C=N–C) groups is 1. The SMILES string of the molecule is CCNC(=NCC1CCN(c2ccccc2)C1)N1CCN(C(=O)C2CCCO2)CC1. The zero-order chi connectivity index (χ0) is 20.8. The second-order valence-electron chi connectivity index (χ2n) is 8.44. The van der Waals surface area contributed by atoms with Gasteiger partial charge in [-0.15, -0.1) is 0 Å². The fourth-order valence-corrected chi connectivity index (χ4v) is 4.61. The zero-order valence-corrected chi connectivity index (χ0v) is 18.1. The number of nitrogens with one attached hydrogen (secondary N) is 1. The van der Waals surface area contributed by atoms with E-state index in [1.807, 2.05) is 4.90 Å². The second-order valence-corrected chi connectivity index (χ2v) is 8.44. The lowest BCUT2D eigenvalue weighted by Crippen LogP contribution is -2.55. The van der Waals surface area contributed by atoms with Gasteiger partial charge in [0.1, 0.15) is 6.10 Å². The van der Waals surface area contributed by atoms with Crippen LogP contribution in [0.25, 0.3) is 0 Å². The molecule has 164 valence electrons. The molecule has 0 radical (unpaired) electrons. The van der Waals surface area contributed by atoms with Crippen molar-refractivity contribution in [1.82, 2.24) is 15.1 Å². The number of carbonyl (C=O) groups excluding carboxylic acids is 1. The molecule has 2 unspecified atom stereocenters. The summed E-state index contributed by atoms with van der Waals surface area (Å²) in [5.41, 5.74) is 1.31. The summed E-state index contributed by atoms with van der Waals surface area (Å²) in [5.74, 6) is 1.74. The molecule has 30 heavy (non-hydrogen) atoms. The van der Waals surface area contributed by atoms with Crippen molar-refractivity contribution in [2.75, 3.05) is 63.9 Å². The lowest BCUT2D eigenvalue weighted by Gasteiger charge is -2.37. The quantitative estimate of drug-likeness (QED) is 0.589. The fourth-order valence-electron chi connectivity index (χ4n) is 4.61. The summed E-state index contributed by atoms with van der Waals surface area (Å²) in [4.78, 5) is 24.3. The first-order valence-corrected chi connectivity index (χ1v) is 11.5. The summed E-state index contributed by atoms with van der Waals surface area (Å²) < 4.78 is 5.57. The van der Waals surface area contributed by atoms with Crippen LogP contribution in [-0.2, 0) is 9.53 Å². The Balaban J connectivity index is 1.28. The van der Waals surface area contributed by atoms with Crippen molar-refractivity contribution in [2.45, 2.75) is 32.3 Å². The Morgan fingerprint density at radius 1 is 1.10 bits per heavy atom. The Bertz CT molecular complexity index is 712. The topological polar surface area (TPSA) is 60.4 Å². The van der Waals surface area contributed by atoms with Crippen molar-refractivity contribution in [3.63, 3.8) is 0 Å². The summed E-state index contributed by atoms with van der Waals surface area (Å²) in [6, 6.07) is 10.7. The smallest absolute Gasteiger partial charge is 0.251 e. The van der Waals surface area contributed by atoms with Gasteiger partial charge >= 0.3 is 0 Å². The van der Waals surface area contributed by atoms with Gasteiger partial charge < -0.3 is 24.8 Å². The lowest BCUT2D eigenvalue weighted by atomic mass is 10.1. The average Bonchev–Trinajstić information content (AvgIpc) is 3.49. The number of para-hydroxylation sites is 1. The molecule has 0 saturated carbocycles. The number of nitrogens with zero attached hydrogens (tertiary/aromatic N) is 4. The first-order valence-electron chi connectivity index (χ1n) is 11.5. The monoisotopic (exact) mass is 413 g/mol. The van der Waals surface area contributed by atoms with Crippen LogP contribution < -0.4 is 10.2 Å². The number of ether oxygens (including phenoxy) is 1. The number of anilines is 1. The molecule has 0 bridgehead atoms. The lowest BCUT2D eigenvalue weighted by molar-refractivity contribution is -0.142. The number of rotatable bonds is 5. The van der Waals surface area contributed by atoms with Gasteiger partial charge in [-0.05, 0) is 44.2 Å². The van der Waals surface area contributed by atoms with E-state index < -0.39 is 0 Å². The fraction of sp³-hybridized carbons (Fsp3) is 0.652. The Morgan fingerprint density at radius 2 is 1.87 bits per heavy atom. The van der Waals surface area contributed by atoms with E-state index in [4.69, 9.17) is 9.73 Å². The number of hydrogen-bond donors (Lipinski definition) is 1. The predicted octanol–water partition coefficient (Wildman–Crippen LogP) is 1.80. The van der Waals surface area contributed by atoms with Crippen LogP contribution in [0.5, 0.6) is 0 Å². The van der Waals surface area contributed by atoms with E-state index in [0.29, 0.717) is 5.92 Å². The van der Waals surface area contributed by atoms with Crippen molar-refractivity contribution < 1.29 is 9.53 Å². The maximum absolute atomic E-state index is 12.6. The maximum Gasteiger partial charge on any atom is 0.251 e. The molecule has 7 nitrogen and oxygen atoms in total. The summed E-state index contributed by atoms with van der Waals surface area (Å²) in [5, 5.41) is 3.45. The molecule has 3 aliphatic heterocycles. The molecule has 0 aromatic heterocycles. The first kappa shape index (κ1) is 21.0. The maximum atomic E-state index is 12.6. The van der Waals surface area contributed by atoms with Crippen LogP contribution in [-0.4, -0.2) is 86.7 Å². The molecule has 3 saturated heterocycles. The summed E-state index contributed by atoms with van der Waals surface area (Å²) >= 11 is 0. The minimum absolute atomic E-state index is 0.168. The average molecular weight is 414 g/mol. The van der Waals surface area contributed by atoms with Gasteiger partial charge in [-0.1, -0.05) is 18.2 Å². The predicted molar refractivity (Wildman–Crippen MR) is 120 cm³/mol. The van der Waals surface area contributed by atoms with Crippen LogP contribution in [0.1, 0.15) is 26.2 Å². The Labute approximate surface area is 180 Å². The van der Waals surface area contributed by atoms with Gasteiger partial charge in [-0.2, -0.15) is 0 Å². The van der Waals surface area contributed by atoms with Crippen molar-refractivity contribution in [1.29, 1.82) is 0 Å². The standard InChI is InChI=1S/C23H35N5O2/c1-2-24-23(25-17-19-10-11-28(18-19)20-7-4-3-5-8-20)27-14-12-26(13-15-27)22(29)21-9-6-16-30-21/h3-5,7-8,19,21H,2,6,9-18H2,1H3,(H,24,25). The van der Waals surface area contributed by atoms with E-state index in [-0.39, 0.29) is 12.0 Å². The molecule has 7 heteroatoms. The van der Waals surface area contributed by atoms with Crippen molar-refractivity contribution >= 4 is 17.6 Å². The van der Waals surface area contributed by atoms with E-state index in [2.05, 4.69) is 52.4 Å². The highest BCUT2D eigenvalue weighted by molar-refractivity contribution is 5.82. The number of hydrogen-bond acceptors (Lipinski definition) is 4. The van der Waals surface area contributed by atoms with Crippen molar-refractivity contribution in [2.24, 2.45) is 10.9 Å². The molecule has 2 atom stereocenters. The van der Waals surface area contributed by atoms with Crippen molar-refractivity contribution in [3.05, 3.63) is 30.3 Å². The highest BCUT2D eigenvalue weighted by Crippen LogP contribution is 2.23. The van der Waals surface area contributed by atoms with Crippen LogP contribution >= 0.6 is 0 Å². The summed E-state index contributed by atoms with van der Waals surface area (Å²) in [7, 11) is 0. The van der Waals surface area contributed by atoms with Gasteiger partial charge in [0.2, 0.25) is 0 Å². The van der Waals surface area contributed by atoms with Gasteiger partial charge in [0.25, 0.3) is 5.91 Å². The highest BCUT2D eigenvalue weighted by atomic mass is 16.5. The second kappa shape index (κ2) is 10.2. The van der Waals surface area contributed by atoms with E-state index in [1.54, 1.807) is 0 Å². The minimum Gasteiger partial charge on any atom is -0.371 e. The first-order chi connectivity index (χ1) is 14.7. The number of carbonyl (C=O) groups is 1. The normalized spacial score (nSPS) is 25.1. The zero-order valence-electron chi connectivity index (χ0n) is 18.1. The van der Waals surface area contributed by atoms with Gasteiger partial charge in [0.05, 0.1) is 0 Å². The Hall–Kier alpha value is -2.28. The molecule has 3 fully saturated rings. The molecule has 0 spiro atoms. The van der Waals surface area contributed by atoms with Crippen LogP contribution in [0.3, 0.4) is 0 Å². The molecule has 4 rings (SSSR count). The number of benzene rings is 1. The number of guanidine groups is 1. The van der Waals surface area contributed by atoms with E-state index in [1.165, 1.54) is 12.1 Å². The molecule has 1 amide bonds. The third kappa shape index (κ3) is 5.06. The van der Waals surface area contributed by atoms with E-state index >= 15 is 0 Å². The van der Waals surface area contributed by atoms with Gasteiger partial charge in [0.15, 0.2) is 5.96 Å². The van der Waals surface area contributed by atoms with E-state index in [9.17, 15) is 4.79 Å². The molecule has 1 N–H and O–H groups in total. The Morgan fingerprint density at radius 3 is 2.57 bits per heavy atom. The molecule has 3 heterocycles. The van der Waals surface area contributed by atoms with Crippen LogP contribution in [0, 0.1) is 5.92 Å². The minimum atomic E-state index is -0.214. The van der Waals surface area contributed by atoms with Gasteiger partial charge in [-0.25, -0.2) is 0 Å². The van der Waals surface area contributed by atoms with Crippen LogP contribution in [0.4, 0.5) is 5.69 Å². The van der Waals surface area contributed by atoms with Crippen LogP contribution in [0.2, 0.25) is 0 Å². The Kier molecular flexibility index (Phi) is 7.10. The number of piperazine rings is 1. The van der Waals surface area contributed by atoms with Gasteiger partial charge in [-0.3, -0.25) is 9.79 Å². The molecular weight excluding hydrogens is 378 g/mol. The molecule has 3 aliphatic rings. The molecule has 0 aliphatic carbocycles. The third-order valence-corrected chi connectivity index (χ3v) is 6.34. The number of amides is 1. The third-order valence-electron chi connectivity index (χ3n) is 6.34.